The first kappa shape index (κ1) is 18.3. The first-order valence-corrected chi connectivity index (χ1v) is 10.4. The summed E-state index contributed by atoms with van der Waals surface area (Å²) < 4.78 is 0. The number of rotatable bonds is 0. The van der Waals surface area contributed by atoms with Crippen molar-refractivity contribution in [3.63, 3.8) is 0 Å². The van der Waals surface area contributed by atoms with E-state index in [0.29, 0.717) is 10.7 Å². The minimum atomic E-state index is 0.593. The zero-order valence-corrected chi connectivity index (χ0v) is 17.4. The molecule has 2 aromatic heterocycles. The number of nitrogens with zero attached hydrogens (tertiary/aromatic N) is 8. The minimum Gasteiger partial charge on any atom is -0.253 e. The van der Waals surface area contributed by atoms with Crippen LogP contribution in [-0.2, 0) is 0 Å². The molecule has 0 aliphatic rings. The van der Waals surface area contributed by atoms with Gasteiger partial charge in [0.25, 0.3) is 0 Å². The molecule has 0 unspecified atom stereocenters. The number of hydrogen-bond donors (Lipinski definition) is 0. The highest BCUT2D eigenvalue weighted by atomic mass is 14.8. The van der Waals surface area contributed by atoms with Gasteiger partial charge in [-0.15, -0.1) is 0 Å². The van der Waals surface area contributed by atoms with Crippen molar-refractivity contribution in [3.8, 4) is 12.4 Å². The lowest BCUT2D eigenvalue weighted by Gasteiger charge is -1.98. The van der Waals surface area contributed by atoms with Crippen LogP contribution in [0.25, 0.3) is 65.2 Å². The maximum absolute atomic E-state index is 9.44. The van der Waals surface area contributed by atoms with Crippen LogP contribution in [0.3, 0.4) is 0 Å². The molecule has 8 nitrogen and oxygen atoms in total. The van der Waals surface area contributed by atoms with Crippen LogP contribution in [0.2, 0.25) is 0 Å². The van der Waals surface area contributed by atoms with E-state index >= 15 is 0 Å². The molecule has 2 heterocycles. The smallest absolute Gasteiger partial charge is 0.206 e. The van der Waals surface area contributed by atoms with Crippen LogP contribution in [0.1, 0.15) is 0 Å². The van der Waals surface area contributed by atoms with Crippen LogP contribution in [-0.4, -0.2) is 19.9 Å². The fourth-order valence-electron chi connectivity index (χ4n) is 4.93. The molecule has 0 atom stereocenters. The zero-order chi connectivity index (χ0) is 22.8. The van der Waals surface area contributed by atoms with Gasteiger partial charge in [-0.2, -0.15) is 20.5 Å². The summed E-state index contributed by atoms with van der Waals surface area (Å²) in [6.07, 6.45) is 10.5. The molecule has 0 N–H and O–H groups in total. The quantitative estimate of drug-likeness (QED) is 0.334. The van der Waals surface area contributed by atoms with Gasteiger partial charge in [0.05, 0.1) is 32.8 Å². The first-order valence-electron chi connectivity index (χ1n) is 10.4. The summed E-state index contributed by atoms with van der Waals surface area (Å²) in [4.78, 5) is 26.0. The monoisotopic (exact) mass is 434 g/mol. The van der Waals surface area contributed by atoms with Crippen molar-refractivity contribution < 1.29 is 0 Å². The summed E-state index contributed by atoms with van der Waals surface area (Å²) in [5.41, 5.74) is 2.97. The number of hydrogen-bond acceptors (Lipinski definition) is 8. The van der Waals surface area contributed by atoms with Gasteiger partial charge in [0, 0.05) is 46.3 Å². The summed E-state index contributed by atoms with van der Waals surface area (Å²) in [5, 5.41) is 27.1. The minimum absolute atomic E-state index is 0.593. The predicted molar refractivity (Wildman–Crippen MR) is 127 cm³/mol. The Balaban J connectivity index is 1.76. The Labute approximate surface area is 190 Å². The molecule has 0 bridgehead atoms. The van der Waals surface area contributed by atoms with Crippen molar-refractivity contribution >= 4 is 65.2 Å². The Morgan fingerprint density at radius 3 is 1.09 bits per heavy atom. The van der Waals surface area contributed by atoms with Crippen LogP contribution in [0, 0.1) is 22.9 Å². The van der Waals surface area contributed by atoms with Crippen LogP contribution in [0.5, 0.6) is 0 Å². The fraction of sp³-hybridized carbons (Fsp3) is 0. The van der Waals surface area contributed by atoms with Gasteiger partial charge < -0.3 is 0 Å². The van der Waals surface area contributed by atoms with E-state index in [1.807, 2.05) is 48.8 Å². The van der Waals surface area contributed by atoms with E-state index in [9.17, 15) is 10.5 Å². The van der Waals surface area contributed by atoms with E-state index < -0.39 is 0 Å². The standard InChI is InChI=1S/C26H10N8/c27-11-33-25-17-6-14-16-8-22-24(32-4-2-30-22)10-20(16)26(34-12-28)18(14)5-13(17)15-7-21-23(9-19(15)25)31-3-1-29-21/h1-10H/b33-25-,34-26-. The second-order valence-corrected chi connectivity index (χ2v) is 7.95. The van der Waals surface area contributed by atoms with Crippen molar-refractivity contribution in [1.29, 1.82) is 10.5 Å². The van der Waals surface area contributed by atoms with Gasteiger partial charge in [0.2, 0.25) is 12.4 Å². The first-order chi connectivity index (χ1) is 16.8. The molecule has 0 aliphatic heterocycles. The summed E-state index contributed by atoms with van der Waals surface area (Å²) in [6, 6.07) is 11.8. The molecule has 0 spiro atoms. The Morgan fingerprint density at radius 2 is 0.735 bits per heavy atom. The molecular formula is C26H10N8. The van der Waals surface area contributed by atoms with E-state index in [1.165, 1.54) is 0 Å². The maximum Gasteiger partial charge on any atom is 0.206 e. The number of benzene rings is 3. The summed E-state index contributed by atoms with van der Waals surface area (Å²) >= 11 is 0. The van der Waals surface area contributed by atoms with Gasteiger partial charge in [-0.1, -0.05) is 0 Å². The summed E-state index contributed by atoms with van der Waals surface area (Å²) in [5.74, 6) is 0. The van der Waals surface area contributed by atoms with Crippen LogP contribution in [0.15, 0.2) is 71.2 Å². The number of nitriles is 2. The highest BCUT2D eigenvalue weighted by molar-refractivity contribution is 6.23. The van der Waals surface area contributed by atoms with Crippen molar-refractivity contribution in [2.45, 2.75) is 0 Å². The number of aromatic nitrogens is 4. The van der Waals surface area contributed by atoms with Gasteiger partial charge in [-0.05, 0) is 57.9 Å². The lowest BCUT2D eigenvalue weighted by atomic mass is 10.1. The topological polar surface area (TPSA) is 124 Å². The predicted octanol–water partition coefficient (Wildman–Crippen LogP) is 3.82. The summed E-state index contributed by atoms with van der Waals surface area (Å²) in [7, 11) is 0. The summed E-state index contributed by atoms with van der Waals surface area (Å²) in [6.45, 7) is 0. The molecule has 5 aromatic carbocycles. The van der Waals surface area contributed by atoms with E-state index in [4.69, 9.17) is 0 Å². The van der Waals surface area contributed by atoms with Crippen LogP contribution >= 0.6 is 0 Å². The molecule has 0 saturated heterocycles. The highest BCUT2D eigenvalue weighted by Crippen LogP contribution is 2.34. The Bertz CT molecular complexity index is 2040. The van der Waals surface area contributed by atoms with Gasteiger partial charge in [0.15, 0.2) is 0 Å². The lowest BCUT2D eigenvalue weighted by Crippen LogP contribution is -1.99. The third kappa shape index (κ3) is 2.34. The molecule has 7 aromatic rings. The maximum atomic E-state index is 9.44. The molecule has 0 saturated carbocycles. The van der Waals surface area contributed by atoms with Gasteiger partial charge in [-0.3, -0.25) is 19.9 Å². The third-order valence-electron chi connectivity index (χ3n) is 6.30. The van der Waals surface area contributed by atoms with Crippen molar-refractivity contribution in [3.05, 3.63) is 71.9 Å². The van der Waals surface area contributed by atoms with Gasteiger partial charge in [0.1, 0.15) is 0 Å². The Hall–Kier alpha value is -5.34. The average Bonchev–Trinajstić information content (AvgIpc) is 3.32. The third-order valence-corrected chi connectivity index (χ3v) is 6.30. The van der Waals surface area contributed by atoms with Crippen molar-refractivity contribution in [2.24, 2.45) is 9.98 Å². The van der Waals surface area contributed by atoms with Crippen molar-refractivity contribution in [2.75, 3.05) is 0 Å². The molecule has 34 heavy (non-hydrogen) atoms. The molecule has 0 aliphatic carbocycles. The van der Waals surface area contributed by atoms with Gasteiger partial charge >= 0.3 is 0 Å². The Morgan fingerprint density at radius 1 is 0.441 bits per heavy atom. The molecule has 8 heteroatoms. The van der Waals surface area contributed by atoms with Crippen LogP contribution in [0.4, 0.5) is 0 Å². The van der Waals surface area contributed by atoms with E-state index in [0.717, 1.165) is 65.2 Å². The molecule has 154 valence electrons. The van der Waals surface area contributed by atoms with E-state index in [1.54, 1.807) is 24.8 Å². The molecule has 7 rings (SSSR count). The van der Waals surface area contributed by atoms with E-state index in [2.05, 4.69) is 29.9 Å². The van der Waals surface area contributed by atoms with Gasteiger partial charge in [-0.25, -0.2) is 0 Å². The molecule has 0 radical (unpaired) electrons. The highest BCUT2D eigenvalue weighted by Gasteiger charge is 2.17. The van der Waals surface area contributed by atoms with E-state index in [-0.39, 0.29) is 0 Å². The largest absolute Gasteiger partial charge is 0.253 e. The van der Waals surface area contributed by atoms with Crippen LogP contribution < -0.4 is 10.7 Å². The lowest BCUT2D eigenvalue weighted by molar-refractivity contribution is 1.30. The zero-order valence-electron chi connectivity index (χ0n) is 17.4. The fourth-order valence-corrected chi connectivity index (χ4v) is 4.93. The molecular weight excluding hydrogens is 424 g/mol. The number of fused-ring (bicyclic) bond motifs is 8. The normalized spacial score (nSPS) is 13.0. The molecule has 0 amide bonds. The second-order valence-electron chi connectivity index (χ2n) is 7.95. The average molecular weight is 434 g/mol. The Kier molecular flexibility index (Phi) is 3.53. The SMILES string of the molecule is N#C/N=c1\c2cc3nccnc3cc2c2cc3/c(=N/C#N)c4cc5nccnc5cc4c3cc12. The molecule has 0 fully saturated rings. The van der Waals surface area contributed by atoms with Crippen molar-refractivity contribution in [1.82, 2.24) is 19.9 Å². The second kappa shape index (κ2) is 6.58.